The summed E-state index contributed by atoms with van der Waals surface area (Å²) >= 11 is 0. The van der Waals surface area contributed by atoms with Crippen molar-refractivity contribution in [3.05, 3.63) is 47.5 Å². The zero-order chi connectivity index (χ0) is 20.6. The zero-order valence-corrected chi connectivity index (χ0v) is 18.8. The average molecular weight is 428 g/mol. The number of rotatable bonds is 12. The van der Waals surface area contributed by atoms with Gasteiger partial charge in [0, 0.05) is 0 Å². The third-order valence-corrected chi connectivity index (χ3v) is 8.14. The maximum absolute atomic E-state index is 12.8. The Labute approximate surface area is 167 Å². The van der Waals surface area contributed by atoms with Crippen molar-refractivity contribution in [3.63, 3.8) is 0 Å². The van der Waals surface area contributed by atoms with Crippen LogP contribution in [0.4, 0.5) is 0 Å². The van der Waals surface area contributed by atoms with Gasteiger partial charge >= 0.3 is 15.2 Å². The van der Waals surface area contributed by atoms with Crippen molar-refractivity contribution in [2.75, 3.05) is 26.4 Å². The molecule has 0 amide bonds. The summed E-state index contributed by atoms with van der Waals surface area (Å²) in [5.41, 5.74) is 1.74. The lowest BCUT2D eigenvalue weighted by atomic mass is 10.1. The van der Waals surface area contributed by atoms with Gasteiger partial charge < -0.3 is 18.1 Å². The highest BCUT2D eigenvalue weighted by Gasteiger charge is 2.25. The molecule has 0 radical (unpaired) electrons. The number of hydrogen-bond donors (Lipinski definition) is 0. The molecule has 28 heavy (non-hydrogen) atoms. The standard InChI is InChI=1S/C20H30O6P2/c1-5-23-27(21,24-6-2)15-17-9-11-19-12-10-18(14-20(19)13-17)16-28(22,25-7-3)26-8-4/h9-14H,5-8,15-16H2,1-4H3. The fourth-order valence-corrected chi connectivity index (χ4v) is 6.41. The molecule has 8 heteroatoms. The first kappa shape index (κ1) is 23.3. The number of hydrogen-bond acceptors (Lipinski definition) is 6. The predicted octanol–water partition coefficient (Wildman–Crippen LogP) is 6.37. The molecule has 0 aliphatic rings. The van der Waals surface area contributed by atoms with E-state index in [-0.39, 0.29) is 12.3 Å². The van der Waals surface area contributed by atoms with Gasteiger partial charge in [0.05, 0.1) is 38.8 Å². The molecule has 0 bridgehead atoms. The van der Waals surface area contributed by atoms with Gasteiger partial charge in [-0.3, -0.25) is 9.13 Å². The largest absolute Gasteiger partial charge is 0.335 e. The van der Waals surface area contributed by atoms with Crippen LogP contribution in [-0.2, 0) is 39.5 Å². The molecular formula is C20H30O6P2. The predicted molar refractivity (Wildman–Crippen MR) is 113 cm³/mol. The second kappa shape index (κ2) is 10.7. The van der Waals surface area contributed by atoms with E-state index in [2.05, 4.69) is 0 Å². The first-order valence-electron chi connectivity index (χ1n) is 9.64. The molecule has 2 rings (SSSR count). The van der Waals surface area contributed by atoms with Crippen molar-refractivity contribution >= 4 is 26.0 Å². The van der Waals surface area contributed by atoms with E-state index in [0.29, 0.717) is 26.4 Å². The Morgan fingerprint density at radius 1 is 0.607 bits per heavy atom. The second-order valence-corrected chi connectivity index (χ2v) is 10.3. The minimum atomic E-state index is -3.17. The van der Waals surface area contributed by atoms with Crippen LogP contribution < -0.4 is 0 Å². The highest BCUT2D eigenvalue weighted by atomic mass is 31.2. The molecule has 0 aliphatic carbocycles. The van der Waals surface area contributed by atoms with Gasteiger partial charge in [-0.25, -0.2) is 0 Å². The summed E-state index contributed by atoms with van der Waals surface area (Å²) in [5.74, 6) is 0. The van der Waals surface area contributed by atoms with Crippen molar-refractivity contribution in [1.82, 2.24) is 0 Å². The fourth-order valence-electron chi connectivity index (χ4n) is 3.03. The van der Waals surface area contributed by atoms with Gasteiger partial charge in [-0.2, -0.15) is 0 Å². The van der Waals surface area contributed by atoms with E-state index in [1.165, 1.54) is 0 Å². The Bertz CT molecular complexity index is 780. The maximum atomic E-state index is 12.8. The van der Waals surface area contributed by atoms with Crippen LogP contribution in [0.25, 0.3) is 10.8 Å². The third-order valence-electron chi connectivity index (χ3n) is 4.02. The summed E-state index contributed by atoms with van der Waals surface area (Å²) in [6.45, 7) is 8.53. The van der Waals surface area contributed by atoms with Crippen molar-refractivity contribution < 1.29 is 27.2 Å². The van der Waals surface area contributed by atoms with Crippen LogP contribution in [0, 0.1) is 0 Å². The molecule has 0 aromatic heterocycles. The van der Waals surface area contributed by atoms with Gasteiger partial charge in [-0.1, -0.05) is 36.4 Å². The number of fused-ring (bicyclic) bond motifs is 1. The van der Waals surface area contributed by atoms with Gasteiger partial charge in [0.15, 0.2) is 0 Å². The Kier molecular flexibility index (Phi) is 8.88. The van der Waals surface area contributed by atoms with Crippen molar-refractivity contribution in [1.29, 1.82) is 0 Å². The van der Waals surface area contributed by atoms with Crippen molar-refractivity contribution in [2.24, 2.45) is 0 Å². The molecule has 6 nitrogen and oxygen atoms in total. The highest BCUT2D eigenvalue weighted by molar-refractivity contribution is 7.53. The summed E-state index contributed by atoms with van der Waals surface area (Å²) in [7, 11) is -6.33. The lowest BCUT2D eigenvalue weighted by molar-refractivity contribution is 0.218. The molecule has 2 aromatic rings. The monoisotopic (exact) mass is 428 g/mol. The molecular weight excluding hydrogens is 398 g/mol. The molecule has 0 unspecified atom stereocenters. The summed E-state index contributed by atoms with van der Waals surface area (Å²) in [5, 5.41) is 2.01. The minimum Gasteiger partial charge on any atom is -0.309 e. The van der Waals surface area contributed by atoms with Gasteiger partial charge in [-0.15, -0.1) is 0 Å². The molecule has 0 atom stereocenters. The van der Waals surface area contributed by atoms with E-state index in [9.17, 15) is 9.13 Å². The lowest BCUT2D eigenvalue weighted by Crippen LogP contribution is -2.00. The van der Waals surface area contributed by atoms with Crippen LogP contribution in [0.2, 0.25) is 0 Å². The van der Waals surface area contributed by atoms with Crippen LogP contribution in [0.1, 0.15) is 38.8 Å². The smallest absolute Gasteiger partial charge is 0.309 e. The number of benzene rings is 2. The van der Waals surface area contributed by atoms with E-state index < -0.39 is 15.2 Å². The summed E-state index contributed by atoms with van der Waals surface area (Å²) < 4.78 is 47.2. The van der Waals surface area contributed by atoms with Gasteiger partial charge in [0.2, 0.25) is 0 Å². The van der Waals surface area contributed by atoms with E-state index in [1.807, 2.05) is 36.4 Å². The Balaban J connectivity index is 2.29. The van der Waals surface area contributed by atoms with Crippen LogP contribution in [-0.4, -0.2) is 26.4 Å². The zero-order valence-electron chi connectivity index (χ0n) is 17.1. The first-order valence-corrected chi connectivity index (χ1v) is 13.1. The maximum Gasteiger partial charge on any atom is 0.335 e. The molecule has 0 fully saturated rings. The minimum absolute atomic E-state index is 0.214. The molecule has 0 heterocycles. The summed E-state index contributed by atoms with van der Waals surface area (Å²) in [6, 6.07) is 11.7. The Morgan fingerprint density at radius 2 is 0.964 bits per heavy atom. The Morgan fingerprint density at radius 3 is 1.29 bits per heavy atom. The molecule has 0 N–H and O–H groups in total. The highest BCUT2D eigenvalue weighted by Crippen LogP contribution is 2.52. The molecule has 0 saturated heterocycles. The van der Waals surface area contributed by atoms with E-state index >= 15 is 0 Å². The third kappa shape index (κ3) is 6.52. The van der Waals surface area contributed by atoms with Gasteiger partial charge in [0.1, 0.15) is 0 Å². The Hall–Kier alpha value is -1.00. The van der Waals surface area contributed by atoms with Crippen LogP contribution in [0.15, 0.2) is 36.4 Å². The van der Waals surface area contributed by atoms with E-state index in [0.717, 1.165) is 21.9 Å². The normalized spacial score (nSPS) is 12.6. The van der Waals surface area contributed by atoms with Crippen LogP contribution >= 0.6 is 15.2 Å². The quantitative estimate of drug-likeness (QED) is 0.366. The molecule has 0 aliphatic heterocycles. The van der Waals surface area contributed by atoms with Gasteiger partial charge in [-0.05, 0) is 49.6 Å². The second-order valence-electron chi connectivity index (χ2n) is 6.22. The van der Waals surface area contributed by atoms with E-state index in [1.54, 1.807) is 27.7 Å². The molecule has 0 spiro atoms. The molecule has 0 saturated carbocycles. The van der Waals surface area contributed by atoms with Crippen LogP contribution in [0.3, 0.4) is 0 Å². The van der Waals surface area contributed by atoms with Crippen molar-refractivity contribution in [2.45, 2.75) is 40.0 Å². The molecule has 156 valence electrons. The summed E-state index contributed by atoms with van der Waals surface area (Å²) in [6.07, 6.45) is 0.427. The van der Waals surface area contributed by atoms with Crippen molar-refractivity contribution in [3.8, 4) is 0 Å². The average Bonchev–Trinajstić information content (AvgIpc) is 2.62. The van der Waals surface area contributed by atoms with E-state index in [4.69, 9.17) is 18.1 Å². The SMILES string of the molecule is CCOP(=O)(Cc1ccc2ccc(CP(=O)(OCC)OCC)cc2c1)OCC. The van der Waals surface area contributed by atoms with Gasteiger partial charge in [0.25, 0.3) is 0 Å². The fraction of sp³-hybridized carbons (Fsp3) is 0.500. The van der Waals surface area contributed by atoms with Crippen LogP contribution in [0.5, 0.6) is 0 Å². The topological polar surface area (TPSA) is 71.1 Å². The molecule has 2 aromatic carbocycles. The first-order chi connectivity index (χ1) is 13.4. The summed E-state index contributed by atoms with van der Waals surface area (Å²) in [4.78, 5) is 0. The lowest BCUT2D eigenvalue weighted by Gasteiger charge is -2.18.